The van der Waals surface area contributed by atoms with Gasteiger partial charge >= 0.3 is 0 Å². The number of rotatable bonds is 7. The molecule has 2 amide bonds. The summed E-state index contributed by atoms with van der Waals surface area (Å²) in [7, 11) is 0. The molecule has 6 nitrogen and oxygen atoms in total. The van der Waals surface area contributed by atoms with E-state index in [1.54, 1.807) is 0 Å². The number of benzene rings is 1. The fourth-order valence-corrected chi connectivity index (χ4v) is 4.02. The number of nitrogens with zero attached hydrogens (tertiary/aromatic N) is 1. The molecule has 4 N–H and O–H groups in total. The molecule has 0 radical (unpaired) electrons. The third kappa shape index (κ3) is 5.35. The van der Waals surface area contributed by atoms with Crippen molar-refractivity contribution < 1.29 is 9.59 Å². The smallest absolute Gasteiger partial charge is 0.245 e. The first kappa shape index (κ1) is 22.0. The van der Waals surface area contributed by atoms with Crippen LogP contribution in [-0.4, -0.2) is 47.9 Å². The Kier molecular flexibility index (Phi) is 8.51. The maximum Gasteiger partial charge on any atom is 0.245 e. The lowest BCUT2D eigenvalue weighted by Gasteiger charge is -2.39. The molecular formula is C22H34N4O2. The summed E-state index contributed by atoms with van der Waals surface area (Å²) in [5.74, 6) is -0.283. The molecule has 0 saturated carbocycles. The number of piperidine rings is 1. The van der Waals surface area contributed by atoms with Crippen LogP contribution in [0.4, 0.5) is 0 Å². The van der Waals surface area contributed by atoms with Gasteiger partial charge in [-0.1, -0.05) is 50.8 Å². The molecule has 2 heterocycles. The van der Waals surface area contributed by atoms with E-state index < -0.39 is 6.04 Å². The van der Waals surface area contributed by atoms with Gasteiger partial charge in [0.15, 0.2) is 0 Å². The second-order valence-corrected chi connectivity index (χ2v) is 7.08. The van der Waals surface area contributed by atoms with Crippen molar-refractivity contribution >= 4 is 11.8 Å². The van der Waals surface area contributed by atoms with Crippen molar-refractivity contribution in [1.82, 2.24) is 15.5 Å². The molecule has 1 aromatic carbocycles. The van der Waals surface area contributed by atoms with E-state index in [-0.39, 0.29) is 30.4 Å². The van der Waals surface area contributed by atoms with Crippen molar-refractivity contribution in [1.29, 1.82) is 0 Å². The first-order valence-electron chi connectivity index (χ1n) is 10.4. The molecule has 0 bridgehead atoms. The number of amides is 2. The molecule has 2 aliphatic heterocycles. The Labute approximate surface area is 168 Å². The molecule has 6 heteroatoms. The largest absolute Gasteiger partial charge is 0.387 e. The Morgan fingerprint density at radius 3 is 2.54 bits per heavy atom. The number of hydrogen-bond acceptors (Lipinski definition) is 4. The summed E-state index contributed by atoms with van der Waals surface area (Å²) in [5, 5.41) is 6.15. The lowest BCUT2D eigenvalue weighted by molar-refractivity contribution is -0.141. The van der Waals surface area contributed by atoms with E-state index in [1.165, 1.54) is 5.56 Å². The summed E-state index contributed by atoms with van der Waals surface area (Å²) in [6.45, 7) is 8.88. The lowest BCUT2D eigenvalue weighted by Crippen LogP contribution is -2.57. The molecule has 28 heavy (non-hydrogen) atoms. The predicted octanol–water partition coefficient (Wildman–Crippen LogP) is 1.96. The van der Waals surface area contributed by atoms with E-state index in [1.807, 2.05) is 36.9 Å². The van der Waals surface area contributed by atoms with E-state index >= 15 is 0 Å². The second kappa shape index (κ2) is 10.9. The molecule has 1 unspecified atom stereocenters. The first-order chi connectivity index (χ1) is 13.6. The van der Waals surface area contributed by atoms with Gasteiger partial charge in [0.1, 0.15) is 6.04 Å². The van der Waals surface area contributed by atoms with Crippen molar-refractivity contribution in [3.8, 4) is 0 Å². The average molecular weight is 387 g/mol. The molecule has 3 atom stereocenters. The molecule has 154 valence electrons. The van der Waals surface area contributed by atoms with Gasteiger partial charge in [-0.15, -0.1) is 0 Å². The molecule has 3 rings (SSSR count). The Balaban J connectivity index is 0.00000136. The Morgan fingerprint density at radius 2 is 1.86 bits per heavy atom. The maximum absolute atomic E-state index is 12.9. The summed E-state index contributed by atoms with van der Waals surface area (Å²) >= 11 is 0. The molecule has 2 fully saturated rings. The summed E-state index contributed by atoms with van der Waals surface area (Å²) < 4.78 is 0. The topological polar surface area (TPSA) is 87.5 Å². The van der Waals surface area contributed by atoms with Crippen molar-refractivity contribution in [2.24, 2.45) is 5.73 Å². The summed E-state index contributed by atoms with van der Waals surface area (Å²) in [5.41, 5.74) is 7.52. The van der Waals surface area contributed by atoms with Gasteiger partial charge in [-0.2, -0.15) is 0 Å². The third-order valence-electron chi connectivity index (χ3n) is 5.38. The lowest BCUT2D eigenvalue weighted by atomic mass is 9.98. The Hall–Kier alpha value is -2.34. The van der Waals surface area contributed by atoms with Gasteiger partial charge in [0, 0.05) is 18.3 Å². The third-order valence-corrected chi connectivity index (χ3v) is 5.38. The minimum Gasteiger partial charge on any atom is -0.387 e. The maximum atomic E-state index is 12.9. The summed E-state index contributed by atoms with van der Waals surface area (Å²) in [6.07, 6.45) is 4.43. The zero-order valence-corrected chi connectivity index (χ0v) is 17.1. The standard InChI is InChI=1S/C20H28N4O2.C2H6/c1-14(22-12-11-15-5-3-2-4-6-15)18-10-8-16-7-9-17(20(26)24(16)18)23-19(25)13-21;1-2/h2-6,16-18,22H,1,7-13,21H2,(H,23,25);1-2H3/t16-,17?,18-;/m0./s1. The zero-order chi connectivity index (χ0) is 20.5. The SMILES string of the molecule is C=C(NCCc1ccccc1)[C@@H]1CC[C@@H]2CCC(NC(=O)CN)C(=O)N21.CC. The number of carbonyl (C=O) groups is 2. The normalized spacial score (nSPS) is 23.3. The van der Waals surface area contributed by atoms with E-state index in [2.05, 4.69) is 29.3 Å². The highest BCUT2D eigenvalue weighted by Crippen LogP contribution is 2.34. The highest BCUT2D eigenvalue weighted by Gasteiger charge is 2.44. The van der Waals surface area contributed by atoms with Gasteiger partial charge in [-0.25, -0.2) is 0 Å². The average Bonchev–Trinajstić information content (AvgIpc) is 3.17. The van der Waals surface area contributed by atoms with Crippen LogP contribution in [0.3, 0.4) is 0 Å². The fraction of sp³-hybridized carbons (Fsp3) is 0.545. The van der Waals surface area contributed by atoms with Gasteiger partial charge in [0.05, 0.1) is 12.6 Å². The van der Waals surface area contributed by atoms with E-state index in [4.69, 9.17) is 5.73 Å². The minimum atomic E-state index is -0.458. The minimum absolute atomic E-state index is 0.000789. The van der Waals surface area contributed by atoms with Gasteiger partial charge in [0.25, 0.3) is 0 Å². The van der Waals surface area contributed by atoms with Crippen LogP contribution in [0.25, 0.3) is 0 Å². The Bertz CT molecular complexity index is 662. The van der Waals surface area contributed by atoms with Crippen LogP contribution in [0, 0.1) is 0 Å². The molecule has 2 saturated heterocycles. The molecule has 1 aromatic rings. The van der Waals surface area contributed by atoms with Gasteiger partial charge in [-0.3, -0.25) is 9.59 Å². The van der Waals surface area contributed by atoms with Crippen LogP contribution in [0.1, 0.15) is 45.1 Å². The highest BCUT2D eigenvalue weighted by atomic mass is 16.2. The number of carbonyl (C=O) groups excluding carboxylic acids is 2. The highest BCUT2D eigenvalue weighted by molar-refractivity contribution is 5.89. The van der Waals surface area contributed by atoms with Gasteiger partial charge in [0.2, 0.25) is 11.8 Å². The van der Waals surface area contributed by atoms with Crippen molar-refractivity contribution in [3.05, 3.63) is 48.2 Å². The van der Waals surface area contributed by atoms with Crippen LogP contribution in [0.5, 0.6) is 0 Å². The van der Waals surface area contributed by atoms with Crippen LogP contribution in [0.15, 0.2) is 42.6 Å². The van der Waals surface area contributed by atoms with Crippen LogP contribution >= 0.6 is 0 Å². The van der Waals surface area contributed by atoms with Crippen LogP contribution < -0.4 is 16.4 Å². The number of nitrogens with one attached hydrogen (secondary N) is 2. The van der Waals surface area contributed by atoms with Crippen molar-refractivity contribution in [2.75, 3.05) is 13.1 Å². The predicted molar refractivity (Wildman–Crippen MR) is 113 cm³/mol. The molecule has 0 aliphatic carbocycles. The molecule has 2 aliphatic rings. The first-order valence-corrected chi connectivity index (χ1v) is 10.4. The molecule has 0 spiro atoms. The van der Waals surface area contributed by atoms with E-state index in [0.29, 0.717) is 6.42 Å². The van der Waals surface area contributed by atoms with Crippen LogP contribution in [0.2, 0.25) is 0 Å². The summed E-state index contributed by atoms with van der Waals surface area (Å²) in [4.78, 5) is 26.4. The number of hydrogen-bond donors (Lipinski definition) is 3. The van der Waals surface area contributed by atoms with E-state index in [0.717, 1.165) is 37.9 Å². The van der Waals surface area contributed by atoms with Crippen LogP contribution in [-0.2, 0) is 16.0 Å². The van der Waals surface area contributed by atoms with E-state index in [9.17, 15) is 9.59 Å². The van der Waals surface area contributed by atoms with Gasteiger partial charge < -0.3 is 21.3 Å². The molecular weight excluding hydrogens is 352 g/mol. The van der Waals surface area contributed by atoms with Crippen molar-refractivity contribution in [3.63, 3.8) is 0 Å². The Morgan fingerprint density at radius 1 is 1.18 bits per heavy atom. The fourth-order valence-electron chi connectivity index (χ4n) is 4.02. The monoisotopic (exact) mass is 386 g/mol. The quantitative estimate of drug-likeness (QED) is 0.668. The van der Waals surface area contributed by atoms with Crippen molar-refractivity contribution in [2.45, 2.75) is 64.1 Å². The second-order valence-electron chi connectivity index (χ2n) is 7.08. The number of fused-ring (bicyclic) bond motifs is 1. The molecule has 0 aromatic heterocycles. The summed E-state index contributed by atoms with van der Waals surface area (Å²) in [6, 6.07) is 10.1. The number of nitrogens with two attached hydrogens (primary N) is 1. The zero-order valence-electron chi connectivity index (χ0n) is 17.1. The van der Waals surface area contributed by atoms with Gasteiger partial charge in [-0.05, 0) is 37.7 Å².